The van der Waals surface area contributed by atoms with Gasteiger partial charge in [0.05, 0.1) is 10.3 Å². The van der Waals surface area contributed by atoms with E-state index in [2.05, 4.69) is 5.32 Å². The summed E-state index contributed by atoms with van der Waals surface area (Å²) in [5.74, 6) is 2.21. The Bertz CT molecular complexity index is 794. The highest BCUT2D eigenvalue weighted by molar-refractivity contribution is 7.89. The zero-order valence-corrected chi connectivity index (χ0v) is 17.1. The quantitative estimate of drug-likeness (QED) is 0.802. The summed E-state index contributed by atoms with van der Waals surface area (Å²) in [5.41, 5.74) is 0.353. The first-order valence-corrected chi connectivity index (χ1v) is 11.7. The van der Waals surface area contributed by atoms with Gasteiger partial charge in [-0.25, -0.2) is 8.42 Å². The summed E-state index contributed by atoms with van der Waals surface area (Å²) in [6.45, 7) is 4.53. The highest BCUT2D eigenvalue weighted by atomic mass is 32.2. The molecule has 27 heavy (non-hydrogen) atoms. The second-order valence-electron chi connectivity index (χ2n) is 8.77. The van der Waals surface area contributed by atoms with Crippen LogP contribution in [0, 0.1) is 23.2 Å². The smallest absolute Gasteiger partial charge is 0.243 e. The number of nitrogens with zero attached hydrogens (tertiary/aromatic N) is 1. The topological polar surface area (TPSA) is 66.5 Å². The Hall–Kier alpha value is -1.40. The third kappa shape index (κ3) is 3.31. The summed E-state index contributed by atoms with van der Waals surface area (Å²) < 4.78 is 27.0. The summed E-state index contributed by atoms with van der Waals surface area (Å²) >= 11 is 0. The lowest BCUT2D eigenvalue weighted by Crippen LogP contribution is -2.51. The van der Waals surface area contributed by atoms with E-state index in [1.807, 2.05) is 13.8 Å². The SMILES string of the molecule is CCN(CC)S(=O)(=O)c1cccc(NC(=O)C23CC4CC(CC(C4)C2)C3)c1. The van der Waals surface area contributed by atoms with Crippen LogP contribution in [0.5, 0.6) is 0 Å². The average Bonchev–Trinajstić information content (AvgIpc) is 2.61. The molecule has 0 heterocycles. The van der Waals surface area contributed by atoms with E-state index in [1.165, 1.54) is 23.6 Å². The lowest BCUT2D eigenvalue weighted by Gasteiger charge is -2.55. The average molecular weight is 391 g/mol. The van der Waals surface area contributed by atoms with Gasteiger partial charge < -0.3 is 5.32 Å². The molecule has 0 radical (unpaired) electrons. The van der Waals surface area contributed by atoms with Crippen molar-refractivity contribution in [2.45, 2.75) is 57.3 Å². The molecule has 4 aliphatic carbocycles. The molecule has 0 spiro atoms. The molecule has 0 atom stereocenters. The second kappa shape index (κ2) is 6.89. The van der Waals surface area contributed by atoms with Gasteiger partial charge in [-0.3, -0.25) is 4.79 Å². The molecular formula is C21H30N2O3S. The Labute approximate surface area is 162 Å². The molecule has 4 aliphatic rings. The number of amides is 1. The first kappa shape index (κ1) is 18.9. The van der Waals surface area contributed by atoms with Crippen LogP contribution >= 0.6 is 0 Å². The van der Waals surface area contributed by atoms with Gasteiger partial charge in [0.1, 0.15) is 0 Å². The van der Waals surface area contributed by atoms with Crippen LogP contribution in [0.3, 0.4) is 0 Å². The number of carbonyl (C=O) groups excluding carboxylic acids is 1. The molecule has 0 aromatic heterocycles. The number of hydrogen-bond acceptors (Lipinski definition) is 3. The fourth-order valence-electron chi connectivity index (χ4n) is 6.10. The maximum atomic E-state index is 13.2. The molecule has 1 N–H and O–H groups in total. The fourth-order valence-corrected chi connectivity index (χ4v) is 7.60. The predicted octanol–water partition coefficient (Wildman–Crippen LogP) is 3.87. The van der Waals surface area contributed by atoms with E-state index in [4.69, 9.17) is 0 Å². The highest BCUT2D eigenvalue weighted by Crippen LogP contribution is 2.60. The van der Waals surface area contributed by atoms with Gasteiger partial charge in [0.25, 0.3) is 0 Å². The molecule has 5 rings (SSSR count). The molecule has 4 bridgehead atoms. The molecule has 5 nitrogen and oxygen atoms in total. The Kier molecular flexibility index (Phi) is 4.83. The van der Waals surface area contributed by atoms with E-state index in [0.717, 1.165) is 19.3 Å². The van der Waals surface area contributed by atoms with Crippen LogP contribution in [0.2, 0.25) is 0 Å². The van der Waals surface area contributed by atoms with Crippen LogP contribution in [0.15, 0.2) is 29.2 Å². The molecule has 0 aliphatic heterocycles. The monoisotopic (exact) mass is 390 g/mol. The standard InChI is InChI=1S/C21H30N2O3S/c1-3-23(4-2)27(25,26)19-7-5-6-18(11-19)22-20(24)21-12-15-8-16(13-21)10-17(9-15)14-21/h5-7,11,15-17H,3-4,8-10,12-14H2,1-2H3,(H,22,24). The van der Waals surface area contributed by atoms with Crippen LogP contribution in [0.25, 0.3) is 0 Å². The number of rotatable bonds is 6. The van der Waals surface area contributed by atoms with Crippen molar-refractivity contribution in [1.82, 2.24) is 4.31 Å². The fraction of sp³-hybridized carbons (Fsp3) is 0.667. The Balaban J connectivity index is 1.55. The number of nitrogens with one attached hydrogen (secondary N) is 1. The van der Waals surface area contributed by atoms with Crippen molar-refractivity contribution in [3.05, 3.63) is 24.3 Å². The molecule has 0 unspecified atom stereocenters. The lowest BCUT2D eigenvalue weighted by molar-refractivity contribution is -0.140. The van der Waals surface area contributed by atoms with Crippen LogP contribution in [-0.4, -0.2) is 31.7 Å². The third-order valence-corrected chi connectivity index (χ3v) is 9.00. The van der Waals surface area contributed by atoms with E-state index >= 15 is 0 Å². The molecule has 4 saturated carbocycles. The van der Waals surface area contributed by atoms with E-state index in [0.29, 0.717) is 36.5 Å². The van der Waals surface area contributed by atoms with Gasteiger partial charge in [-0.05, 0) is 74.5 Å². The highest BCUT2D eigenvalue weighted by Gasteiger charge is 2.54. The summed E-state index contributed by atoms with van der Waals surface area (Å²) in [4.78, 5) is 13.4. The van der Waals surface area contributed by atoms with E-state index in [-0.39, 0.29) is 16.2 Å². The molecule has 1 aromatic rings. The molecule has 6 heteroatoms. The van der Waals surface area contributed by atoms with Gasteiger partial charge in [-0.15, -0.1) is 0 Å². The molecule has 1 aromatic carbocycles. The maximum Gasteiger partial charge on any atom is 0.243 e. The van der Waals surface area contributed by atoms with Gasteiger partial charge in [0.15, 0.2) is 0 Å². The van der Waals surface area contributed by atoms with E-state index < -0.39 is 10.0 Å². The van der Waals surface area contributed by atoms with Gasteiger partial charge >= 0.3 is 0 Å². The van der Waals surface area contributed by atoms with Crippen LogP contribution < -0.4 is 5.32 Å². The summed E-state index contributed by atoms with van der Waals surface area (Å²) in [6, 6.07) is 6.71. The van der Waals surface area contributed by atoms with Crippen molar-refractivity contribution in [1.29, 1.82) is 0 Å². The van der Waals surface area contributed by atoms with E-state index in [9.17, 15) is 13.2 Å². The minimum atomic E-state index is -3.52. The van der Waals surface area contributed by atoms with Crippen molar-refractivity contribution in [3.8, 4) is 0 Å². The summed E-state index contributed by atoms with van der Waals surface area (Å²) in [6.07, 6.45) is 6.89. The maximum absolute atomic E-state index is 13.2. The zero-order valence-electron chi connectivity index (χ0n) is 16.3. The van der Waals surface area contributed by atoms with Crippen LogP contribution in [0.4, 0.5) is 5.69 Å². The minimum Gasteiger partial charge on any atom is -0.326 e. The number of benzene rings is 1. The van der Waals surface area contributed by atoms with Crippen molar-refractivity contribution in [3.63, 3.8) is 0 Å². The molecule has 0 saturated heterocycles. The van der Waals surface area contributed by atoms with E-state index in [1.54, 1.807) is 24.3 Å². The number of carbonyl (C=O) groups is 1. The van der Waals surface area contributed by atoms with Gasteiger partial charge in [0, 0.05) is 18.8 Å². The van der Waals surface area contributed by atoms with Crippen molar-refractivity contribution in [2.75, 3.05) is 18.4 Å². The van der Waals surface area contributed by atoms with Crippen molar-refractivity contribution >= 4 is 21.6 Å². The first-order valence-electron chi connectivity index (χ1n) is 10.3. The molecule has 1 amide bonds. The number of hydrogen-bond donors (Lipinski definition) is 1. The zero-order chi connectivity index (χ0) is 19.2. The molecular weight excluding hydrogens is 360 g/mol. The van der Waals surface area contributed by atoms with Crippen LogP contribution in [-0.2, 0) is 14.8 Å². The van der Waals surface area contributed by atoms with Gasteiger partial charge in [-0.2, -0.15) is 4.31 Å². The summed E-state index contributed by atoms with van der Waals surface area (Å²) in [5, 5.41) is 3.06. The van der Waals surface area contributed by atoms with Gasteiger partial charge in [0.2, 0.25) is 15.9 Å². The van der Waals surface area contributed by atoms with Crippen LogP contribution in [0.1, 0.15) is 52.4 Å². The largest absolute Gasteiger partial charge is 0.326 e. The second-order valence-corrected chi connectivity index (χ2v) is 10.7. The molecule has 148 valence electrons. The van der Waals surface area contributed by atoms with Crippen molar-refractivity contribution < 1.29 is 13.2 Å². The third-order valence-electron chi connectivity index (χ3n) is 6.96. The predicted molar refractivity (Wildman–Crippen MR) is 106 cm³/mol. The van der Waals surface area contributed by atoms with Crippen molar-refractivity contribution in [2.24, 2.45) is 23.2 Å². The number of anilines is 1. The summed E-state index contributed by atoms with van der Waals surface area (Å²) in [7, 11) is -3.52. The Morgan fingerprint density at radius 2 is 1.63 bits per heavy atom. The molecule has 4 fully saturated rings. The number of sulfonamides is 1. The Morgan fingerprint density at radius 1 is 1.07 bits per heavy atom. The first-order chi connectivity index (χ1) is 12.9. The normalized spacial score (nSPS) is 32.0. The lowest BCUT2D eigenvalue weighted by atomic mass is 9.49. The Morgan fingerprint density at radius 3 is 2.15 bits per heavy atom. The minimum absolute atomic E-state index is 0.0963. The van der Waals surface area contributed by atoms with Gasteiger partial charge in [-0.1, -0.05) is 19.9 Å².